The second-order valence-corrected chi connectivity index (χ2v) is 8.18. The molecule has 8 N–H and O–H groups in total. The van der Waals surface area contributed by atoms with Crippen molar-refractivity contribution in [2.24, 2.45) is 11.7 Å². The van der Waals surface area contributed by atoms with Gasteiger partial charge in [-0.1, -0.05) is 13.8 Å². The lowest BCUT2D eigenvalue weighted by Crippen LogP contribution is -2.58. The van der Waals surface area contributed by atoms with Crippen LogP contribution >= 0.6 is 11.8 Å². The van der Waals surface area contributed by atoms with Crippen molar-refractivity contribution in [3.05, 3.63) is 0 Å². The van der Waals surface area contributed by atoms with Gasteiger partial charge < -0.3 is 37.0 Å². The lowest BCUT2D eigenvalue weighted by atomic mass is 10.0. The third kappa shape index (κ3) is 11.0. The van der Waals surface area contributed by atoms with Gasteiger partial charge in [0.05, 0.1) is 12.6 Å². The summed E-state index contributed by atoms with van der Waals surface area (Å²) in [5.41, 5.74) is 5.58. The summed E-state index contributed by atoms with van der Waals surface area (Å²) in [5.74, 6) is -4.66. The first-order chi connectivity index (χ1) is 14.4. The van der Waals surface area contributed by atoms with Crippen LogP contribution in [0.5, 0.6) is 0 Å². The van der Waals surface area contributed by atoms with E-state index in [0.29, 0.717) is 5.75 Å². The molecule has 0 saturated heterocycles. The van der Waals surface area contributed by atoms with Crippen LogP contribution in [0.25, 0.3) is 0 Å². The molecule has 4 unspecified atom stereocenters. The Bertz CT molecular complexity index is 646. The molecule has 0 fully saturated rings. The maximum Gasteiger partial charge on any atom is 0.326 e. The van der Waals surface area contributed by atoms with Gasteiger partial charge in [0.15, 0.2) is 0 Å². The first kappa shape index (κ1) is 28.6. The molecule has 0 radical (unpaired) electrons. The Hall–Kier alpha value is -2.38. The standard InChI is InChI=1S/C18H32N4O8S/c1-9(2)14(18(29)30)22-16(27)11(6-7-31-3)20-17(28)12(8-23)21-15(26)10(19)4-5-13(24)25/h9-12,14,23H,4-8,19H2,1-3H3,(H,20,28)(H,21,26)(H,22,27)(H,24,25)(H,29,30). The van der Waals surface area contributed by atoms with Crippen LogP contribution in [0.4, 0.5) is 0 Å². The van der Waals surface area contributed by atoms with E-state index < -0.39 is 66.4 Å². The molecule has 0 aliphatic rings. The van der Waals surface area contributed by atoms with Gasteiger partial charge in [-0.2, -0.15) is 11.8 Å². The highest BCUT2D eigenvalue weighted by atomic mass is 32.2. The molecule has 4 atom stereocenters. The van der Waals surface area contributed by atoms with Crippen LogP contribution in [0.3, 0.4) is 0 Å². The van der Waals surface area contributed by atoms with E-state index >= 15 is 0 Å². The number of nitrogens with two attached hydrogens (primary N) is 1. The van der Waals surface area contributed by atoms with E-state index in [4.69, 9.17) is 10.8 Å². The molecule has 178 valence electrons. The number of hydrogen-bond acceptors (Lipinski definition) is 8. The van der Waals surface area contributed by atoms with Crippen molar-refractivity contribution in [1.29, 1.82) is 0 Å². The van der Waals surface area contributed by atoms with Gasteiger partial charge in [0.2, 0.25) is 17.7 Å². The fraction of sp³-hybridized carbons (Fsp3) is 0.722. The molecular formula is C18H32N4O8S. The molecule has 0 spiro atoms. The Balaban J connectivity index is 5.16. The number of aliphatic hydroxyl groups is 1. The number of aliphatic hydroxyl groups excluding tert-OH is 1. The van der Waals surface area contributed by atoms with Gasteiger partial charge in [0, 0.05) is 6.42 Å². The molecule has 0 rings (SSSR count). The van der Waals surface area contributed by atoms with Gasteiger partial charge >= 0.3 is 11.9 Å². The summed E-state index contributed by atoms with van der Waals surface area (Å²) in [5, 5.41) is 34.4. The molecule has 0 aromatic rings. The van der Waals surface area contributed by atoms with Crippen LogP contribution in [-0.4, -0.2) is 87.8 Å². The fourth-order valence-corrected chi connectivity index (χ4v) is 2.90. The number of carboxylic acid groups (broad SMARTS) is 2. The molecule has 0 aliphatic heterocycles. The molecule has 12 nitrogen and oxygen atoms in total. The molecule has 0 aliphatic carbocycles. The number of hydrogen-bond donors (Lipinski definition) is 7. The molecular weight excluding hydrogens is 432 g/mol. The van der Waals surface area contributed by atoms with Gasteiger partial charge in [-0.25, -0.2) is 4.79 Å². The minimum atomic E-state index is -1.42. The first-order valence-electron chi connectivity index (χ1n) is 9.65. The zero-order chi connectivity index (χ0) is 24.1. The lowest BCUT2D eigenvalue weighted by molar-refractivity contribution is -0.143. The third-order valence-corrected chi connectivity index (χ3v) is 4.94. The molecule has 13 heteroatoms. The molecule has 3 amide bonds. The fourth-order valence-electron chi connectivity index (χ4n) is 2.43. The molecule has 0 bridgehead atoms. The highest BCUT2D eigenvalue weighted by Gasteiger charge is 2.30. The molecule has 0 aromatic carbocycles. The number of carbonyl (C=O) groups is 5. The SMILES string of the molecule is CSCCC(NC(=O)C(CO)NC(=O)C(N)CCC(=O)O)C(=O)NC(C(=O)O)C(C)C. The lowest BCUT2D eigenvalue weighted by Gasteiger charge is -2.25. The normalized spacial score (nSPS) is 14.8. The highest BCUT2D eigenvalue weighted by molar-refractivity contribution is 7.98. The topological polar surface area (TPSA) is 208 Å². The van der Waals surface area contributed by atoms with Gasteiger partial charge in [-0.05, 0) is 30.8 Å². The predicted molar refractivity (Wildman–Crippen MR) is 113 cm³/mol. The molecule has 31 heavy (non-hydrogen) atoms. The Morgan fingerprint density at radius 1 is 0.903 bits per heavy atom. The molecule has 0 saturated carbocycles. The monoisotopic (exact) mass is 464 g/mol. The van der Waals surface area contributed by atoms with E-state index in [1.165, 1.54) is 11.8 Å². The van der Waals surface area contributed by atoms with Crippen molar-refractivity contribution in [2.45, 2.75) is 57.3 Å². The minimum Gasteiger partial charge on any atom is -0.481 e. The maximum atomic E-state index is 12.6. The van der Waals surface area contributed by atoms with Crippen LogP contribution in [0.15, 0.2) is 0 Å². The number of thioether (sulfide) groups is 1. The van der Waals surface area contributed by atoms with E-state index in [0.717, 1.165) is 0 Å². The Labute approximate surface area is 184 Å². The number of amides is 3. The summed E-state index contributed by atoms with van der Waals surface area (Å²) in [4.78, 5) is 59.0. The summed E-state index contributed by atoms with van der Waals surface area (Å²) in [6, 6.07) is -4.86. The predicted octanol–water partition coefficient (Wildman–Crippen LogP) is -1.88. The number of nitrogens with one attached hydrogen (secondary N) is 3. The van der Waals surface area contributed by atoms with Crippen LogP contribution < -0.4 is 21.7 Å². The second kappa shape index (κ2) is 14.6. The molecule has 0 aromatic heterocycles. The van der Waals surface area contributed by atoms with Crippen molar-refractivity contribution in [2.75, 3.05) is 18.6 Å². The highest BCUT2D eigenvalue weighted by Crippen LogP contribution is 2.06. The zero-order valence-corrected chi connectivity index (χ0v) is 18.6. The van der Waals surface area contributed by atoms with Crippen molar-refractivity contribution in [1.82, 2.24) is 16.0 Å². The quantitative estimate of drug-likeness (QED) is 0.143. The average Bonchev–Trinajstić information content (AvgIpc) is 2.69. The minimum absolute atomic E-state index is 0.161. The van der Waals surface area contributed by atoms with Crippen LogP contribution in [0.1, 0.15) is 33.1 Å². The Morgan fingerprint density at radius 3 is 1.90 bits per heavy atom. The summed E-state index contributed by atoms with van der Waals surface area (Å²) in [6.45, 7) is 2.46. The van der Waals surface area contributed by atoms with E-state index in [2.05, 4.69) is 16.0 Å². The molecule has 0 heterocycles. The Kier molecular flexibility index (Phi) is 13.5. The summed E-state index contributed by atoms with van der Waals surface area (Å²) in [7, 11) is 0. The average molecular weight is 465 g/mol. The number of carbonyl (C=O) groups excluding carboxylic acids is 3. The zero-order valence-electron chi connectivity index (χ0n) is 17.8. The van der Waals surface area contributed by atoms with E-state index in [9.17, 15) is 34.2 Å². The van der Waals surface area contributed by atoms with Crippen molar-refractivity contribution >= 4 is 41.4 Å². The van der Waals surface area contributed by atoms with Crippen LogP contribution in [0, 0.1) is 5.92 Å². The third-order valence-electron chi connectivity index (χ3n) is 4.30. The van der Waals surface area contributed by atoms with Gasteiger partial charge in [0.25, 0.3) is 0 Å². The number of carboxylic acids is 2. The summed E-state index contributed by atoms with van der Waals surface area (Å²) >= 11 is 1.41. The van der Waals surface area contributed by atoms with Crippen molar-refractivity contribution < 1.29 is 39.3 Å². The van der Waals surface area contributed by atoms with Crippen LogP contribution in [0.2, 0.25) is 0 Å². The van der Waals surface area contributed by atoms with E-state index in [1.54, 1.807) is 20.1 Å². The summed E-state index contributed by atoms with van der Waals surface area (Å²) < 4.78 is 0. The Morgan fingerprint density at radius 2 is 1.45 bits per heavy atom. The first-order valence-corrected chi connectivity index (χ1v) is 11.0. The summed E-state index contributed by atoms with van der Waals surface area (Å²) in [6.07, 6.45) is 1.47. The second-order valence-electron chi connectivity index (χ2n) is 7.19. The van der Waals surface area contributed by atoms with Gasteiger partial charge in [-0.3, -0.25) is 19.2 Å². The largest absolute Gasteiger partial charge is 0.481 e. The van der Waals surface area contributed by atoms with Crippen molar-refractivity contribution in [3.63, 3.8) is 0 Å². The van der Waals surface area contributed by atoms with Crippen molar-refractivity contribution in [3.8, 4) is 0 Å². The van der Waals surface area contributed by atoms with Gasteiger partial charge in [0.1, 0.15) is 18.1 Å². The number of rotatable bonds is 15. The number of aliphatic carboxylic acids is 2. The van der Waals surface area contributed by atoms with E-state index in [1.807, 2.05) is 0 Å². The smallest absolute Gasteiger partial charge is 0.326 e. The maximum absolute atomic E-state index is 12.6. The van der Waals surface area contributed by atoms with E-state index in [-0.39, 0.29) is 19.3 Å². The van der Waals surface area contributed by atoms with Gasteiger partial charge in [-0.15, -0.1) is 0 Å². The van der Waals surface area contributed by atoms with Crippen LogP contribution in [-0.2, 0) is 24.0 Å².